The van der Waals surface area contributed by atoms with Crippen molar-refractivity contribution in [1.29, 1.82) is 0 Å². The smallest absolute Gasteiger partial charge is 0.213 e. The molecular weight excluding hydrogens is 226 g/mol. The monoisotopic (exact) mass is 251 g/mol. The first-order valence-corrected chi connectivity index (χ1v) is 7.27. The number of sulfonamides is 1. The summed E-state index contributed by atoms with van der Waals surface area (Å²) < 4.78 is 25.0. The fourth-order valence-electron chi connectivity index (χ4n) is 1.10. The average Bonchev–Trinajstić information content (AvgIpc) is 2.10. The highest BCUT2D eigenvalue weighted by Gasteiger charge is 2.21. The molecule has 0 aliphatic carbocycles. The standard InChI is InChI=1S/C11H25NO3S/c1-10(13)6-8-12(5)16(14,15)9-7-11(2,3)4/h10,13H,6-9H2,1-5H3. The van der Waals surface area contributed by atoms with Crippen molar-refractivity contribution in [3.05, 3.63) is 0 Å². The molecule has 0 rings (SSSR count). The molecule has 0 fully saturated rings. The highest BCUT2D eigenvalue weighted by molar-refractivity contribution is 7.89. The van der Waals surface area contributed by atoms with Crippen LogP contribution in [0.5, 0.6) is 0 Å². The van der Waals surface area contributed by atoms with Gasteiger partial charge in [-0.25, -0.2) is 12.7 Å². The summed E-state index contributed by atoms with van der Waals surface area (Å²) in [6.45, 7) is 8.12. The Balaban J connectivity index is 4.22. The van der Waals surface area contributed by atoms with E-state index in [1.165, 1.54) is 4.31 Å². The van der Waals surface area contributed by atoms with Crippen LogP contribution in [0.3, 0.4) is 0 Å². The third-order valence-electron chi connectivity index (χ3n) is 2.45. The van der Waals surface area contributed by atoms with E-state index >= 15 is 0 Å². The molecule has 1 atom stereocenters. The van der Waals surface area contributed by atoms with Crippen molar-refractivity contribution >= 4 is 10.0 Å². The highest BCUT2D eigenvalue weighted by atomic mass is 32.2. The molecule has 4 nitrogen and oxygen atoms in total. The van der Waals surface area contributed by atoms with Crippen LogP contribution in [0, 0.1) is 5.41 Å². The second-order valence-corrected chi connectivity index (χ2v) is 7.78. The number of aliphatic hydroxyl groups excluding tert-OH is 1. The minimum absolute atomic E-state index is 0.0260. The van der Waals surface area contributed by atoms with Crippen LogP contribution in [0.1, 0.15) is 40.5 Å². The van der Waals surface area contributed by atoms with Gasteiger partial charge in [0.15, 0.2) is 0 Å². The van der Waals surface area contributed by atoms with Crippen molar-refractivity contribution in [1.82, 2.24) is 4.31 Å². The van der Waals surface area contributed by atoms with Gasteiger partial charge in [0.1, 0.15) is 0 Å². The first kappa shape index (κ1) is 15.9. The van der Waals surface area contributed by atoms with Crippen molar-refractivity contribution in [2.45, 2.75) is 46.6 Å². The van der Waals surface area contributed by atoms with E-state index in [1.54, 1.807) is 14.0 Å². The number of aliphatic hydroxyl groups is 1. The molecule has 98 valence electrons. The van der Waals surface area contributed by atoms with Gasteiger partial charge in [0.05, 0.1) is 11.9 Å². The second kappa shape index (κ2) is 5.98. The molecule has 5 heteroatoms. The summed E-state index contributed by atoms with van der Waals surface area (Å²) in [5, 5.41) is 9.10. The van der Waals surface area contributed by atoms with E-state index in [4.69, 9.17) is 5.11 Å². The van der Waals surface area contributed by atoms with Crippen LogP contribution < -0.4 is 0 Å². The van der Waals surface area contributed by atoms with Crippen molar-refractivity contribution in [2.24, 2.45) is 5.41 Å². The van der Waals surface area contributed by atoms with Gasteiger partial charge in [0.25, 0.3) is 0 Å². The number of hydrogen-bond donors (Lipinski definition) is 1. The molecule has 0 saturated carbocycles. The molecule has 0 aromatic rings. The van der Waals surface area contributed by atoms with Gasteiger partial charge in [0.2, 0.25) is 10.0 Å². The molecule has 0 aromatic heterocycles. The van der Waals surface area contributed by atoms with Gasteiger partial charge in [-0.2, -0.15) is 0 Å². The zero-order valence-corrected chi connectivity index (χ0v) is 11.8. The molecule has 0 spiro atoms. The van der Waals surface area contributed by atoms with Crippen LogP contribution >= 0.6 is 0 Å². The Bertz CT molecular complexity index is 291. The fraction of sp³-hybridized carbons (Fsp3) is 1.00. The molecule has 0 heterocycles. The van der Waals surface area contributed by atoms with E-state index in [0.29, 0.717) is 19.4 Å². The maximum absolute atomic E-state index is 11.8. The zero-order valence-electron chi connectivity index (χ0n) is 11.0. The summed E-state index contributed by atoms with van der Waals surface area (Å²) in [4.78, 5) is 0. The van der Waals surface area contributed by atoms with E-state index in [9.17, 15) is 8.42 Å². The van der Waals surface area contributed by atoms with Gasteiger partial charge in [0, 0.05) is 13.6 Å². The summed E-state index contributed by atoms with van der Waals surface area (Å²) in [5.74, 6) is 0.173. The van der Waals surface area contributed by atoms with Gasteiger partial charge < -0.3 is 5.11 Å². The first-order chi connectivity index (χ1) is 7.04. The van der Waals surface area contributed by atoms with Crippen LogP contribution in [-0.2, 0) is 10.0 Å². The Hall–Kier alpha value is -0.130. The van der Waals surface area contributed by atoms with E-state index < -0.39 is 16.1 Å². The van der Waals surface area contributed by atoms with E-state index in [2.05, 4.69) is 0 Å². The summed E-state index contributed by atoms with van der Waals surface area (Å²) >= 11 is 0. The molecule has 0 radical (unpaired) electrons. The van der Waals surface area contributed by atoms with E-state index in [-0.39, 0.29) is 11.2 Å². The van der Waals surface area contributed by atoms with E-state index in [0.717, 1.165) is 0 Å². The van der Waals surface area contributed by atoms with Crippen LogP contribution in [0.15, 0.2) is 0 Å². The summed E-state index contributed by atoms with van der Waals surface area (Å²) in [5.41, 5.74) is 0.0260. The lowest BCUT2D eigenvalue weighted by Crippen LogP contribution is -2.32. The Morgan fingerprint density at radius 1 is 1.31 bits per heavy atom. The Morgan fingerprint density at radius 3 is 2.19 bits per heavy atom. The van der Waals surface area contributed by atoms with Crippen molar-refractivity contribution < 1.29 is 13.5 Å². The molecule has 1 unspecified atom stereocenters. The van der Waals surface area contributed by atoms with Gasteiger partial charge in [-0.05, 0) is 25.2 Å². The largest absolute Gasteiger partial charge is 0.393 e. The molecule has 0 aliphatic rings. The Morgan fingerprint density at radius 2 is 1.81 bits per heavy atom. The van der Waals surface area contributed by atoms with Gasteiger partial charge in [-0.1, -0.05) is 20.8 Å². The zero-order chi connectivity index (χ0) is 13.0. The summed E-state index contributed by atoms with van der Waals surface area (Å²) in [7, 11) is -1.60. The molecular formula is C11H25NO3S. The minimum Gasteiger partial charge on any atom is -0.393 e. The molecule has 1 N–H and O–H groups in total. The lowest BCUT2D eigenvalue weighted by Gasteiger charge is -2.22. The number of rotatable bonds is 6. The predicted octanol–water partition coefficient (Wildman–Crippen LogP) is 1.46. The van der Waals surface area contributed by atoms with Gasteiger partial charge >= 0.3 is 0 Å². The van der Waals surface area contributed by atoms with Crippen molar-refractivity contribution in [3.63, 3.8) is 0 Å². The van der Waals surface area contributed by atoms with E-state index in [1.807, 2.05) is 20.8 Å². The van der Waals surface area contributed by atoms with Gasteiger partial charge in [-0.15, -0.1) is 0 Å². The van der Waals surface area contributed by atoms with Crippen LogP contribution in [0.2, 0.25) is 0 Å². The molecule has 0 bridgehead atoms. The molecule has 0 amide bonds. The lowest BCUT2D eigenvalue weighted by molar-refractivity contribution is 0.177. The first-order valence-electron chi connectivity index (χ1n) is 5.67. The quantitative estimate of drug-likeness (QED) is 0.777. The number of nitrogens with zero attached hydrogens (tertiary/aromatic N) is 1. The lowest BCUT2D eigenvalue weighted by atomic mass is 9.94. The molecule has 0 aromatic carbocycles. The maximum atomic E-state index is 11.8. The third-order valence-corrected chi connectivity index (χ3v) is 4.30. The Labute approximate surface area is 99.7 Å². The molecule has 0 aliphatic heterocycles. The molecule has 16 heavy (non-hydrogen) atoms. The minimum atomic E-state index is -3.17. The second-order valence-electron chi connectivity index (χ2n) is 5.59. The van der Waals surface area contributed by atoms with Crippen molar-refractivity contribution in [3.8, 4) is 0 Å². The fourth-order valence-corrected chi connectivity index (χ4v) is 2.66. The highest BCUT2D eigenvalue weighted by Crippen LogP contribution is 2.20. The number of hydrogen-bond acceptors (Lipinski definition) is 3. The normalized spacial score (nSPS) is 15.4. The summed E-state index contributed by atoms with van der Waals surface area (Å²) in [6.07, 6.45) is 0.667. The van der Waals surface area contributed by atoms with Gasteiger partial charge in [-0.3, -0.25) is 0 Å². The maximum Gasteiger partial charge on any atom is 0.213 e. The third kappa shape index (κ3) is 7.19. The van der Waals surface area contributed by atoms with Crippen LogP contribution in [0.25, 0.3) is 0 Å². The molecule has 0 saturated heterocycles. The predicted molar refractivity (Wildman–Crippen MR) is 66.8 cm³/mol. The SMILES string of the molecule is CC(O)CCN(C)S(=O)(=O)CCC(C)(C)C. The van der Waals surface area contributed by atoms with Crippen LogP contribution in [-0.4, -0.2) is 43.3 Å². The topological polar surface area (TPSA) is 57.6 Å². The average molecular weight is 251 g/mol. The van der Waals surface area contributed by atoms with Crippen LogP contribution in [0.4, 0.5) is 0 Å². The Kier molecular flexibility index (Phi) is 5.93. The van der Waals surface area contributed by atoms with Crippen molar-refractivity contribution in [2.75, 3.05) is 19.3 Å². The summed E-state index contributed by atoms with van der Waals surface area (Å²) in [6, 6.07) is 0.